The zero-order valence-corrected chi connectivity index (χ0v) is 25.4. The first-order chi connectivity index (χ1) is 20.7. The van der Waals surface area contributed by atoms with Gasteiger partial charge in [0.05, 0.1) is 18.7 Å². The lowest BCUT2D eigenvalue weighted by Gasteiger charge is -2.44. The normalized spacial score (nSPS) is 21.8. The molecule has 10 heteroatoms. The molecule has 10 nitrogen and oxygen atoms in total. The highest BCUT2D eigenvalue weighted by molar-refractivity contribution is 5.79. The summed E-state index contributed by atoms with van der Waals surface area (Å²) >= 11 is 0. The van der Waals surface area contributed by atoms with Crippen LogP contribution in [-0.4, -0.2) is 91.5 Å². The Kier molecular flexibility index (Phi) is 9.75. The van der Waals surface area contributed by atoms with Crippen LogP contribution in [0, 0.1) is 5.92 Å². The van der Waals surface area contributed by atoms with E-state index in [1.165, 1.54) is 11.1 Å². The summed E-state index contributed by atoms with van der Waals surface area (Å²) in [5, 5.41) is 5.70. The summed E-state index contributed by atoms with van der Waals surface area (Å²) in [6.07, 6.45) is 2.08. The number of nitrogens with zero attached hydrogens (tertiary/aromatic N) is 2. The molecule has 0 radical (unpaired) electrons. The van der Waals surface area contributed by atoms with Crippen LogP contribution in [0.5, 0.6) is 5.75 Å². The molecule has 3 saturated heterocycles. The summed E-state index contributed by atoms with van der Waals surface area (Å²) in [6, 6.07) is 18.7. The number of amides is 4. The SMILES string of the molecule is CC(C)(C)OC(=O)NCCOc1ccc(C(c2ccccc2)C2CCN(C(=O)N3CC[C@@H]4OCC(=O)N[C@@H]4C3)CC2)cc1. The van der Waals surface area contributed by atoms with Crippen LogP contribution in [0.1, 0.15) is 57.1 Å². The van der Waals surface area contributed by atoms with Crippen LogP contribution in [0.25, 0.3) is 0 Å². The number of benzene rings is 2. The highest BCUT2D eigenvalue weighted by Gasteiger charge is 2.38. The number of likely N-dealkylation sites (tertiary alicyclic amines) is 2. The van der Waals surface area contributed by atoms with Crippen molar-refractivity contribution in [1.29, 1.82) is 0 Å². The quantitative estimate of drug-likeness (QED) is 0.468. The van der Waals surface area contributed by atoms with Gasteiger partial charge in [0, 0.05) is 32.1 Å². The lowest BCUT2D eigenvalue weighted by molar-refractivity contribution is -0.139. The van der Waals surface area contributed by atoms with Crippen LogP contribution in [0.4, 0.5) is 9.59 Å². The Balaban J connectivity index is 1.16. The van der Waals surface area contributed by atoms with E-state index in [1.807, 2.05) is 48.8 Å². The Morgan fingerprint density at radius 3 is 2.35 bits per heavy atom. The average Bonchev–Trinajstić information content (AvgIpc) is 2.99. The van der Waals surface area contributed by atoms with Crippen LogP contribution >= 0.6 is 0 Å². The van der Waals surface area contributed by atoms with Gasteiger partial charge < -0.3 is 34.6 Å². The van der Waals surface area contributed by atoms with Crippen LogP contribution in [0.2, 0.25) is 0 Å². The van der Waals surface area contributed by atoms with Crippen molar-refractivity contribution in [1.82, 2.24) is 20.4 Å². The van der Waals surface area contributed by atoms with Gasteiger partial charge in [0.25, 0.3) is 0 Å². The van der Waals surface area contributed by atoms with Crippen molar-refractivity contribution in [2.45, 2.75) is 63.7 Å². The summed E-state index contributed by atoms with van der Waals surface area (Å²) in [7, 11) is 0. The van der Waals surface area contributed by atoms with Crippen molar-refractivity contribution >= 4 is 18.0 Å². The van der Waals surface area contributed by atoms with Gasteiger partial charge in [-0.3, -0.25) is 4.79 Å². The van der Waals surface area contributed by atoms with Crippen molar-refractivity contribution in [3.05, 3.63) is 65.7 Å². The number of piperidine rings is 2. The smallest absolute Gasteiger partial charge is 0.407 e. The molecule has 1 unspecified atom stereocenters. The lowest BCUT2D eigenvalue weighted by atomic mass is 9.76. The number of hydrogen-bond acceptors (Lipinski definition) is 6. The van der Waals surface area contributed by atoms with Crippen molar-refractivity contribution in [3.63, 3.8) is 0 Å². The van der Waals surface area contributed by atoms with E-state index >= 15 is 0 Å². The maximum absolute atomic E-state index is 13.4. The number of ether oxygens (including phenoxy) is 3. The number of morpholine rings is 1. The van der Waals surface area contributed by atoms with Crippen molar-refractivity contribution in [2.75, 3.05) is 45.9 Å². The van der Waals surface area contributed by atoms with E-state index in [9.17, 15) is 14.4 Å². The van der Waals surface area contributed by atoms with E-state index in [-0.39, 0.29) is 36.6 Å². The second-order valence-corrected chi connectivity index (χ2v) is 12.6. The fraction of sp³-hybridized carbons (Fsp3) is 0.545. The second-order valence-electron chi connectivity index (χ2n) is 12.6. The molecular weight excluding hydrogens is 548 g/mol. The third-order valence-corrected chi connectivity index (χ3v) is 8.31. The van der Waals surface area contributed by atoms with Crippen molar-refractivity contribution < 1.29 is 28.6 Å². The number of nitrogens with one attached hydrogen (secondary N) is 2. The van der Waals surface area contributed by atoms with Crippen LogP contribution in [0.3, 0.4) is 0 Å². The van der Waals surface area contributed by atoms with Crippen molar-refractivity contribution in [3.8, 4) is 5.75 Å². The monoisotopic (exact) mass is 592 g/mol. The fourth-order valence-corrected chi connectivity index (χ4v) is 6.30. The molecule has 0 spiro atoms. The first kappa shape index (κ1) is 30.7. The molecule has 43 heavy (non-hydrogen) atoms. The highest BCUT2D eigenvalue weighted by Crippen LogP contribution is 2.39. The van der Waals surface area contributed by atoms with Gasteiger partial charge >= 0.3 is 12.1 Å². The minimum absolute atomic E-state index is 0.00944. The number of carbonyl (C=O) groups is 3. The van der Waals surface area contributed by atoms with E-state index in [0.29, 0.717) is 45.2 Å². The number of hydrogen-bond donors (Lipinski definition) is 2. The molecule has 3 aliphatic rings. The summed E-state index contributed by atoms with van der Waals surface area (Å²) < 4.78 is 16.8. The van der Waals surface area contributed by atoms with E-state index < -0.39 is 11.7 Å². The third-order valence-electron chi connectivity index (χ3n) is 8.31. The molecule has 2 N–H and O–H groups in total. The predicted molar refractivity (Wildman–Crippen MR) is 162 cm³/mol. The first-order valence-electron chi connectivity index (χ1n) is 15.4. The molecule has 2 aromatic carbocycles. The number of rotatable bonds is 7. The number of urea groups is 1. The van der Waals surface area contributed by atoms with Gasteiger partial charge in [-0.25, -0.2) is 9.59 Å². The minimum Gasteiger partial charge on any atom is -0.492 e. The Labute approximate surface area is 254 Å². The summed E-state index contributed by atoms with van der Waals surface area (Å²) in [4.78, 5) is 40.9. The van der Waals surface area contributed by atoms with E-state index in [0.717, 1.165) is 25.0 Å². The minimum atomic E-state index is -0.537. The lowest BCUT2D eigenvalue weighted by Crippen LogP contribution is -2.62. The molecule has 0 aliphatic carbocycles. The fourth-order valence-electron chi connectivity index (χ4n) is 6.30. The molecule has 5 rings (SSSR count). The van der Waals surface area contributed by atoms with Crippen molar-refractivity contribution in [2.24, 2.45) is 5.92 Å². The maximum atomic E-state index is 13.4. The molecule has 3 aliphatic heterocycles. The molecule has 3 heterocycles. The van der Waals surface area contributed by atoms with E-state index in [1.54, 1.807) is 0 Å². The largest absolute Gasteiger partial charge is 0.492 e. The predicted octanol–water partition coefficient (Wildman–Crippen LogP) is 4.14. The zero-order valence-electron chi connectivity index (χ0n) is 25.4. The van der Waals surface area contributed by atoms with Crippen LogP contribution in [0.15, 0.2) is 54.6 Å². The summed E-state index contributed by atoms with van der Waals surface area (Å²) in [5.41, 5.74) is 1.94. The van der Waals surface area contributed by atoms with Gasteiger partial charge in [-0.05, 0) is 69.2 Å². The third kappa shape index (κ3) is 8.19. The zero-order chi connectivity index (χ0) is 30.4. The van der Waals surface area contributed by atoms with Crippen LogP contribution in [-0.2, 0) is 14.3 Å². The number of carbonyl (C=O) groups excluding carboxylic acids is 3. The average molecular weight is 593 g/mol. The Morgan fingerprint density at radius 2 is 1.65 bits per heavy atom. The summed E-state index contributed by atoms with van der Waals surface area (Å²) in [6.45, 7) is 8.82. The van der Waals surface area contributed by atoms with Gasteiger partial charge in [-0.1, -0.05) is 42.5 Å². The van der Waals surface area contributed by atoms with Gasteiger partial charge in [-0.15, -0.1) is 0 Å². The molecule has 232 valence electrons. The molecule has 2 aromatic rings. The molecule has 3 atom stereocenters. The Bertz CT molecular complexity index is 1240. The topological polar surface area (TPSA) is 109 Å². The molecule has 0 saturated carbocycles. The van der Waals surface area contributed by atoms with Gasteiger partial charge in [0.2, 0.25) is 5.91 Å². The van der Waals surface area contributed by atoms with Gasteiger partial charge in [0.15, 0.2) is 0 Å². The van der Waals surface area contributed by atoms with E-state index in [4.69, 9.17) is 14.2 Å². The van der Waals surface area contributed by atoms with Gasteiger partial charge in [0.1, 0.15) is 24.6 Å². The first-order valence-corrected chi connectivity index (χ1v) is 15.4. The highest BCUT2D eigenvalue weighted by atomic mass is 16.6. The molecular formula is C33H44N4O6. The van der Waals surface area contributed by atoms with E-state index in [2.05, 4.69) is 47.0 Å². The Morgan fingerprint density at radius 1 is 0.977 bits per heavy atom. The molecule has 4 amide bonds. The second kappa shape index (κ2) is 13.7. The maximum Gasteiger partial charge on any atom is 0.407 e. The molecule has 3 fully saturated rings. The molecule has 0 bridgehead atoms. The number of fused-ring (bicyclic) bond motifs is 1. The van der Waals surface area contributed by atoms with Crippen LogP contribution < -0.4 is 15.4 Å². The standard InChI is InChI=1S/C33H44N4O6/c1-33(2,3)43-31(39)34-16-20-41-26-11-9-24(10-12-26)30(23-7-5-4-6-8-23)25-13-17-36(18-14-25)32(40)37-19-15-28-27(21-37)35-29(38)22-42-28/h4-12,25,27-28,30H,13-22H2,1-3H3,(H,34,39)(H,35,38)/t27-,28+,30?/m1/s1. The Hall–Kier alpha value is -3.79. The van der Waals surface area contributed by atoms with Gasteiger partial charge in [-0.2, -0.15) is 0 Å². The number of alkyl carbamates (subject to hydrolysis) is 1. The molecule has 0 aromatic heterocycles. The summed E-state index contributed by atoms with van der Waals surface area (Å²) in [5.74, 6) is 1.21.